The van der Waals surface area contributed by atoms with E-state index in [1.807, 2.05) is 0 Å². The zero-order chi connectivity index (χ0) is 10.8. The summed E-state index contributed by atoms with van der Waals surface area (Å²) in [6.45, 7) is 1.62. The van der Waals surface area contributed by atoms with Crippen LogP contribution in [0.1, 0.15) is 31.1 Å². The van der Waals surface area contributed by atoms with Gasteiger partial charge in [0, 0.05) is 6.42 Å². The molecule has 0 radical (unpaired) electrons. The predicted octanol–water partition coefficient (Wildman–Crippen LogP) is 1.58. The van der Waals surface area contributed by atoms with E-state index in [1.165, 1.54) is 0 Å². The highest BCUT2D eigenvalue weighted by atomic mass is 19.4. The number of hydrogen-bond donors (Lipinski definition) is 1. The SMILES string of the molecule is CC(N)c1noc(CCC(F)(F)F)n1. The Kier molecular flexibility index (Phi) is 3.10. The van der Waals surface area contributed by atoms with Crippen molar-refractivity contribution in [2.75, 3.05) is 0 Å². The first-order chi connectivity index (χ1) is 6.38. The molecule has 7 heteroatoms. The van der Waals surface area contributed by atoms with E-state index in [0.717, 1.165) is 0 Å². The van der Waals surface area contributed by atoms with Crippen LogP contribution < -0.4 is 5.73 Å². The molecule has 1 aromatic rings. The summed E-state index contributed by atoms with van der Waals surface area (Å²) < 4.78 is 40.0. The van der Waals surface area contributed by atoms with Crippen molar-refractivity contribution in [1.82, 2.24) is 10.1 Å². The van der Waals surface area contributed by atoms with Crippen molar-refractivity contribution in [1.29, 1.82) is 0 Å². The van der Waals surface area contributed by atoms with E-state index in [9.17, 15) is 13.2 Å². The molecule has 1 unspecified atom stereocenters. The predicted molar refractivity (Wildman–Crippen MR) is 41.3 cm³/mol. The largest absolute Gasteiger partial charge is 0.389 e. The molecule has 0 amide bonds. The fourth-order valence-electron chi connectivity index (χ4n) is 0.803. The van der Waals surface area contributed by atoms with Crippen LogP contribution in [0.3, 0.4) is 0 Å². The van der Waals surface area contributed by atoms with E-state index in [2.05, 4.69) is 14.7 Å². The molecule has 1 rings (SSSR count). The van der Waals surface area contributed by atoms with E-state index in [1.54, 1.807) is 6.92 Å². The zero-order valence-electron chi connectivity index (χ0n) is 7.51. The molecule has 0 fully saturated rings. The number of nitrogens with two attached hydrogens (primary N) is 1. The van der Waals surface area contributed by atoms with Crippen LogP contribution in [0, 0.1) is 0 Å². The van der Waals surface area contributed by atoms with Gasteiger partial charge >= 0.3 is 6.18 Å². The Labute approximate surface area is 78.3 Å². The van der Waals surface area contributed by atoms with E-state index in [0.29, 0.717) is 0 Å². The minimum atomic E-state index is -4.21. The van der Waals surface area contributed by atoms with Gasteiger partial charge in [0.05, 0.1) is 12.5 Å². The fraction of sp³-hybridized carbons (Fsp3) is 0.714. The molecule has 0 aliphatic heterocycles. The van der Waals surface area contributed by atoms with Crippen LogP contribution >= 0.6 is 0 Å². The molecular formula is C7H10F3N3O. The van der Waals surface area contributed by atoms with Crippen molar-refractivity contribution in [2.45, 2.75) is 32.0 Å². The van der Waals surface area contributed by atoms with Crippen LogP contribution in [0.4, 0.5) is 13.2 Å². The average Bonchev–Trinajstić information content (AvgIpc) is 2.47. The summed E-state index contributed by atoms with van der Waals surface area (Å²) in [4.78, 5) is 3.71. The van der Waals surface area contributed by atoms with Crippen molar-refractivity contribution in [3.05, 3.63) is 11.7 Å². The number of aromatic nitrogens is 2. The minimum absolute atomic E-state index is 0.0328. The second-order valence-electron chi connectivity index (χ2n) is 2.95. The van der Waals surface area contributed by atoms with Gasteiger partial charge in [0.25, 0.3) is 0 Å². The molecule has 1 atom stereocenters. The lowest BCUT2D eigenvalue weighted by molar-refractivity contribution is -0.134. The topological polar surface area (TPSA) is 64.9 Å². The summed E-state index contributed by atoms with van der Waals surface area (Å²) in [5, 5.41) is 3.44. The first kappa shape index (κ1) is 11.0. The quantitative estimate of drug-likeness (QED) is 0.820. The van der Waals surface area contributed by atoms with Crippen molar-refractivity contribution >= 4 is 0 Å². The highest BCUT2D eigenvalue weighted by Crippen LogP contribution is 2.21. The van der Waals surface area contributed by atoms with Crippen LogP contribution in [-0.4, -0.2) is 16.3 Å². The van der Waals surface area contributed by atoms with E-state index < -0.39 is 18.6 Å². The van der Waals surface area contributed by atoms with Gasteiger partial charge in [0.1, 0.15) is 0 Å². The highest BCUT2D eigenvalue weighted by molar-refractivity contribution is 4.91. The van der Waals surface area contributed by atoms with Gasteiger partial charge in [-0.1, -0.05) is 5.16 Å². The van der Waals surface area contributed by atoms with E-state index in [-0.39, 0.29) is 18.1 Å². The molecule has 0 aliphatic carbocycles. The molecule has 0 aromatic carbocycles. The van der Waals surface area contributed by atoms with E-state index in [4.69, 9.17) is 5.73 Å². The Balaban J connectivity index is 2.52. The molecular weight excluding hydrogens is 199 g/mol. The third kappa shape index (κ3) is 3.33. The molecule has 80 valence electrons. The maximum atomic E-state index is 11.8. The monoisotopic (exact) mass is 209 g/mol. The number of nitrogens with zero attached hydrogens (tertiary/aromatic N) is 2. The lowest BCUT2D eigenvalue weighted by Gasteiger charge is -2.01. The first-order valence-electron chi connectivity index (χ1n) is 4.03. The molecule has 1 heterocycles. The fourth-order valence-corrected chi connectivity index (χ4v) is 0.803. The van der Waals surface area contributed by atoms with E-state index >= 15 is 0 Å². The number of alkyl halides is 3. The van der Waals surface area contributed by atoms with Crippen LogP contribution in [0.5, 0.6) is 0 Å². The third-order valence-corrected chi connectivity index (χ3v) is 1.51. The molecule has 1 aromatic heterocycles. The van der Waals surface area contributed by atoms with Gasteiger partial charge in [-0.15, -0.1) is 0 Å². The standard InChI is InChI=1S/C7H10F3N3O/c1-4(11)6-12-5(14-13-6)2-3-7(8,9)10/h4H,2-3,11H2,1H3. The normalized spacial score (nSPS) is 14.4. The molecule has 4 nitrogen and oxygen atoms in total. The van der Waals surface area contributed by atoms with Crippen LogP contribution in [-0.2, 0) is 6.42 Å². The van der Waals surface area contributed by atoms with Crippen LogP contribution in [0.25, 0.3) is 0 Å². The van der Waals surface area contributed by atoms with Gasteiger partial charge in [-0.3, -0.25) is 0 Å². The Morgan fingerprint density at radius 2 is 2.14 bits per heavy atom. The maximum Gasteiger partial charge on any atom is 0.389 e. The molecule has 2 N–H and O–H groups in total. The molecule has 0 spiro atoms. The van der Waals surface area contributed by atoms with Crippen LogP contribution in [0.15, 0.2) is 4.52 Å². The van der Waals surface area contributed by atoms with Crippen molar-refractivity contribution in [3.63, 3.8) is 0 Å². The Bertz CT molecular complexity index is 295. The highest BCUT2D eigenvalue weighted by Gasteiger charge is 2.27. The number of aryl methyl sites for hydroxylation is 1. The lowest BCUT2D eigenvalue weighted by atomic mass is 10.3. The molecule has 14 heavy (non-hydrogen) atoms. The van der Waals surface area contributed by atoms with Crippen molar-refractivity contribution in [2.24, 2.45) is 5.73 Å². The van der Waals surface area contributed by atoms with Gasteiger partial charge in [-0.2, -0.15) is 18.2 Å². The van der Waals surface area contributed by atoms with Crippen molar-refractivity contribution in [3.8, 4) is 0 Å². The molecule has 0 aliphatic rings. The summed E-state index contributed by atoms with van der Waals surface area (Å²) >= 11 is 0. The van der Waals surface area contributed by atoms with Gasteiger partial charge < -0.3 is 10.3 Å². The number of rotatable bonds is 3. The number of hydrogen-bond acceptors (Lipinski definition) is 4. The maximum absolute atomic E-state index is 11.8. The summed E-state index contributed by atoms with van der Waals surface area (Å²) in [5.41, 5.74) is 5.40. The second-order valence-corrected chi connectivity index (χ2v) is 2.95. The summed E-state index contributed by atoms with van der Waals surface area (Å²) in [7, 11) is 0. The lowest BCUT2D eigenvalue weighted by Crippen LogP contribution is -2.09. The second kappa shape index (κ2) is 3.95. The molecule has 0 saturated carbocycles. The smallest absolute Gasteiger partial charge is 0.339 e. The Morgan fingerprint density at radius 1 is 1.50 bits per heavy atom. The molecule has 0 bridgehead atoms. The average molecular weight is 209 g/mol. The third-order valence-electron chi connectivity index (χ3n) is 1.51. The molecule has 0 saturated heterocycles. The Morgan fingerprint density at radius 3 is 2.57 bits per heavy atom. The summed E-state index contributed by atoms with van der Waals surface area (Å²) in [6, 6.07) is -0.432. The Hall–Kier alpha value is -1.11. The minimum Gasteiger partial charge on any atom is -0.339 e. The summed E-state index contributed by atoms with van der Waals surface area (Å²) in [5.74, 6) is 0.191. The zero-order valence-corrected chi connectivity index (χ0v) is 7.51. The van der Waals surface area contributed by atoms with Gasteiger partial charge in [-0.25, -0.2) is 0 Å². The first-order valence-corrected chi connectivity index (χ1v) is 4.03. The summed E-state index contributed by atoms with van der Waals surface area (Å²) in [6.07, 6.45) is -5.47. The van der Waals surface area contributed by atoms with Gasteiger partial charge in [0.2, 0.25) is 5.89 Å². The van der Waals surface area contributed by atoms with Crippen molar-refractivity contribution < 1.29 is 17.7 Å². The number of halogens is 3. The van der Waals surface area contributed by atoms with Gasteiger partial charge in [-0.05, 0) is 6.92 Å². The van der Waals surface area contributed by atoms with Gasteiger partial charge in [0.15, 0.2) is 5.82 Å². The van der Waals surface area contributed by atoms with Crippen LogP contribution in [0.2, 0.25) is 0 Å².